The van der Waals surface area contributed by atoms with Crippen molar-refractivity contribution < 1.29 is 0 Å². The maximum Gasteiger partial charge on any atom is 0.0219 e. The molecule has 0 saturated carbocycles. The molecular formula is C15H33N3. The van der Waals surface area contributed by atoms with E-state index in [1.54, 1.807) is 0 Å². The fourth-order valence-electron chi connectivity index (χ4n) is 2.69. The monoisotopic (exact) mass is 255 g/mol. The molecular weight excluding hydrogens is 222 g/mol. The maximum absolute atomic E-state index is 3.61. The highest BCUT2D eigenvalue weighted by Gasteiger charge is 2.23. The predicted octanol–water partition coefficient (Wildman–Crippen LogP) is 2.04. The van der Waals surface area contributed by atoms with E-state index in [2.05, 4.69) is 49.7 Å². The average Bonchev–Trinajstić information content (AvgIpc) is 2.34. The standard InChI is InChI=1S/C15H33N3/c1-6-15(12-16-11-13(2)3)18-9-7-17(8-10-18)14(4)5/h13-16H,6-12H2,1-5H3. The molecule has 0 amide bonds. The van der Waals surface area contributed by atoms with Crippen LogP contribution in [-0.2, 0) is 0 Å². The molecule has 3 nitrogen and oxygen atoms in total. The Balaban J connectivity index is 2.29. The highest BCUT2D eigenvalue weighted by Crippen LogP contribution is 2.11. The van der Waals surface area contributed by atoms with E-state index >= 15 is 0 Å². The Kier molecular flexibility index (Phi) is 7.20. The van der Waals surface area contributed by atoms with Crippen molar-refractivity contribution in [3.05, 3.63) is 0 Å². The highest BCUT2D eigenvalue weighted by atomic mass is 15.3. The van der Waals surface area contributed by atoms with Gasteiger partial charge < -0.3 is 5.32 Å². The van der Waals surface area contributed by atoms with Gasteiger partial charge >= 0.3 is 0 Å². The summed E-state index contributed by atoms with van der Waals surface area (Å²) in [6.45, 7) is 18.7. The quantitative estimate of drug-likeness (QED) is 0.751. The number of nitrogens with one attached hydrogen (secondary N) is 1. The minimum atomic E-state index is 0.700. The molecule has 108 valence electrons. The van der Waals surface area contributed by atoms with Crippen LogP contribution in [0.4, 0.5) is 0 Å². The zero-order valence-corrected chi connectivity index (χ0v) is 13.1. The van der Waals surface area contributed by atoms with E-state index in [0.717, 1.165) is 25.0 Å². The van der Waals surface area contributed by atoms with Gasteiger partial charge in [0, 0.05) is 44.8 Å². The Labute approximate surface area is 114 Å². The Morgan fingerprint density at radius 3 is 1.89 bits per heavy atom. The molecule has 3 heteroatoms. The van der Waals surface area contributed by atoms with Crippen molar-refractivity contribution in [2.45, 2.75) is 53.1 Å². The van der Waals surface area contributed by atoms with Gasteiger partial charge in [0.2, 0.25) is 0 Å². The minimum Gasteiger partial charge on any atom is -0.315 e. The third-order valence-electron chi connectivity index (χ3n) is 4.00. The summed E-state index contributed by atoms with van der Waals surface area (Å²) in [5.74, 6) is 0.750. The molecule has 0 radical (unpaired) electrons. The SMILES string of the molecule is CCC(CNCC(C)C)N1CCN(C(C)C)CC1. The first kappa shape index (κ1) is 15.9. The van der Waals surface area contributed by atoms with Gasteiger partial charge in [-0.2, -0.15) is 0 Å². The summed E-state index contributed by atoms with van der Waals surface area (Å²) in [5, 5.41) is 3.61. The molecule has 1 aliphatic heterocycles. The lowest BCUT2D eigenvalue weighted by Crippen LogP contribution is -2.54. The van der Waals surface area contributed by atoms with E-state index in [0.29, 0.717) is 6.04 Å². The highest BCUT2D eigenvalue weighted by molar-refractivity contribution is 4.80. The molecule has 0 bridgehead atoms. The van der Waals surface area contributed by atoms with E-state index < -0.39 is 0 Å². The van der Waals surface area contributed by atoms with Gasteiger partial charge in [-0.25, -0.2) is 0 Å². The molecule has 0 aliphatic carbocycles. The van der Waals surface area contributed by atoms with Gasteiger partial charge in [-0.3, -0.25) is 9.80 Å². The van der Waals surface area contributed by atoms with Crippen LogP contribution in [0.1, 0.15) is 41.0 Å². The van der Waals surface area contributed by atoms with E-state index in [1.807, 2.05) is 0 Å². The lowest BCUT2D eigenvalue weighted by atomic mass is 10.1. The molecule has 1 atom stereocenters. The minimum absolute atomic E-state index is 0.700. The van der Waals surface area contributed by atoms with Crippen LogP contribution in [0.5, 0.6) is 0 Å². The predicted molar refractivity (Wildman–Crippen MR) is 80.1 cm³/mol. The van der Waals surface area contributed by atoms with Crippen molar-refractivity contribution in [3.8, 4) is 0 Å². The molecule has 0 aromatic heterocycles. The van der Waals surface area contributed by atoms with Gasteiger partial charge in [-0.15, -0.1) is 0 Å². The van der Waals surface area contributed by atoms with Crippen molar-refractivity contribution in [1.29, 1.82) is 0 Å². The summed E-state index contributed by atoms with van der Waals surface area (Å²) < 4.78 is 0. The molecule has 1 fully saturated rings. The zero-order chi connectivity index (χ0) is 13.5. The molecule has 1 unspecified atom stereocenters. The molecule has 1 heterocycles. The zero-order valence-electron chi connectivity index (χ0n) is 13.1. The first-order valence-corrected chi connectivity index (χ1v) is 7.73. The molecule has 1 N–H and O–H groups in total. The second-order valence-electron chi connectivity index (χ2n) is 6.28. The van der Waals surface area contributed by atoms with Crippen molar-refractivity contribution in [2.75, 3.05) is 39.3 Å². The van der Waals surface area contributed by atoms with Crippen LogP contribution in [0, 0.1) is 5.92 Å². The van der Waals surface area contributed by atoms with E-state index in [4.69, 9.17) is 0 Å². The van der Waals surface area contributed by atoms with Crippen molar-refractivity contribution in [2.24, 2.45) is 5.92 Å². The molecule has 0 aromatic rings. The smallest absolute Gasteiger partial charge is 0.0219 e. The summed E-state index contributed by atoms with van der Waals surface area (Å²) in [7, 11) is 0. The topological polar surface area (TPSA) is 18.5 Å². The van der Waals surface area contributed by atoms with Crippen molar-refractivity contribution in [3.63, 3.8) is 0 Å². The Bertz CT molecular complexity index is 205. The van der Waals surface area contributed by atoms with Crippen LogP contribution in [0.15, 0.2) is 0 Å². The van der Waals surface area contributed by atoms with Crippen molar-refractivity contribution in [1.82, 2.24) is 15.1 Å². The van der Waals surface area contributed by atoms with Crippen LogP contribution in [0.2, 0.25) is 0 Å². The summed E-state index contributed by atoms with van der Waals surface area (Å²) in [4.78, 5) is 5.26. The fraction of sp³-hybridized carbons (Fsp3) is 1.00. The lowest BCUT2D eigenvalue weighted by molar-refractivity contribution is 0.0760. The molecule has 18 heavy (non-hydrogen) atoms. The van der Waals surface area contributed by atoms with Crippen LogP contribution in [0.25, 0.3) is 0 Å². The van der Waals surface area contributed by atoms with E-state index in [9.17, 15) is 0 Å². The van der Waals surface area contributed by atoms with Crippen LogP contribution >= 0.6 is 0 Å². The number of hydrogen-bond acceptors (Lipinski definition) is 3. The molecule has 0 aromatic carbocycles. The molecule has 1 saturated heterocycles. The van der Waals surface area contributed by atoms with Gasteiger partial charge in [-0.1, -0.05) is 20.8 Å². The van der Waals surface area contributed by atoms with Gasteiger partial charge in [0.15, 0.2) is 0 Å². The first-order valence-electron chi connectivity index (χ1n) is 7.73. The summed E-state index contributed by atoms with van der Waals surface area (Å²) in [6.07, 6.45) is 1.26. The number of piperazine rings is 1. The van der Waals surface area contributed by atoms with Crippen LogP contribution in [-0.4, -0.2) is 61.2 Å². The number of rotatable bonds is 7. The van der Waals surface area contributed by atoms with E-state index in [-0.39, 0.29) is 0 Å². The van der Waals surface area contributed by atoms with Crippen LogP contribution < -0.4 is 5.32 Å². The first-order chi connectivity index (χ1) is 8.54. The fourth-order valence-corrected chi connectivity index (χ4v) is 2.69. The second kappa shape index (κ2) is 8.13. The van der Waals surface area contributed by atoms with Gasteiger partial charge in [0.1, 0.15) is 0 Å². The molecule has 1 rings (SSSR count). The Morgan fingerprint density at radius 2 is 1.44 bits per heavy atom. The van der Waals surface area contributed by atoms with Gasteiger partial charge in [0.25, 0.3) is 0 Å². The second-order valence-corrected chi connectivity index (χ2v) is 6.28. The van der Waals surface area contributed by atoms with E-state index in [1.165, 1.54) is 32.6 Å². The van der Waals surface area contributed by atoms with Crippen LogP contribution in [0.3, 0.4) is 0 Å². The third-order valence-corrected chi connectivity index (χ3v) is 4.00. The maximum atomic E-state index is 3.61. The number of nitrogens with zero attached hydrogens (tertiary/aromatic N) is 2. The summed E-state index contributed by atoms with van der Waals surface area (Å²) in [6, 6.07) is 1.42. The Morgan fingerprint density at radius 1 is 0.889 bits per heavy atom. The van der Waals surface area contributed by atoms with Gasteiger partial charge in [0.05, 0.1) is 0 Å². The molecule has 0 spiro atoms. The summed E-state index contributed by atoms with van der Waals surface area (Å²) in [5.41, 5.74) is 0. The average molecular weight is 255 g/mol. The summed E-state index contributed by atoms with van der Waals surface area (Å²) >= 11 is 0. The van der Waals surface area contributed by atoms with Crippen molar-refractivity contribution >= 4 is 0 Å². The largest absolute Gasteiger partial charge is 0.315 e. The normalized spacial score (nSPS) is 20.8. The lowest BCUT2D eigenvalue weighted by Gasteiger charge is -2.40. The third kappa shape index (κ3) is 5.25. The van der Waals surface area contributed by atoms with Gasteiger partial charge in [-0.05, 0) is 32.7 Å². The Hall–Kier alpha value is -0.120. The molecule has 1 aliphatic rings. The number of hydrogen-bond donors (Lipinski definition) is 1.